The standard InChI is InChI=1S/C19H18O2/c1-2-13-11-18(21)8-9-19(13)16-5-3-4-14-12-17(20)7-6-15(14)10-16/h2,6-12,20-21H,1,3-5H2. The molecule has 2 aromatic rings. The van der Waals surface area contributed by atoms with Crippen molar-refractivity contribution in [3.8, 4) is 11.5 Å². The lowest BCUT2D eigenvalue weighted by Crippen LogP contribution is -1.89. The van der Waals surface area contributed by atoms with Crippen LogP contribution in [0.3, 0.4) is 0 Å². The fourth-order valence-corrected chi connectivity index (χ4v) is 2.90. The van der Waals surface area contributed by atoms with Crippen LogP contribution in [-0.4, -0.2) is 10.2 Å². The van der Waals surface area contributed by atoms with Gasteiger partial charge in [-0.05, 0) is 71.4 Å². The molecule has 106 valence electrons. The molecule has 2 N–H and O–H groups in total. The van der Waals surface area contributed by atoms with Gasteiger partial charge in [-0.25, -0.2) is 0 Å². The van der Waals surface area contributed by atoms with E-state index >= 15 is 0 Å². The predicted octanol–water partition coefficient (Wildman–Crippen LogP) is 4.62. The minimum atomic E-state index is 0.258. The lowest BCUT2D eigenvalue weighted by Gasteiger charge is -2.10. The molecule has 3 rings (SSSR count). The highest BCUT2D eigenvalue weighted by molar-refractivity contribution is 5.86. The minimum Gasteiger partial charge on any atom is -0.508 e. The van der Waals surface area contributed by atoms with Gasteiger partial charge in [0.25, 0.3) is 0 Å². The molecule has 0 fully saturated rings. The molecule has 0 aromatic heterocycles. The largest absolute Gasteiger partial charge is 0.508 e. The molecular weight excluding hydrogens is 260 g/mol. The Kier molecular flexibility index (Phi) is 3.53. The molecule has 2 heteroatoms. The van der Waals surface area contributed by atoms with Gasteiger partial charge in [0.15, 0.2) is 0 Å². The average Bonchev–Trinajstić information content (AvgIpc) is 2.68. The molecule has 0 saturated carbocycles. The summed E-state index contributed by atoms with van der Waals surface area (Å²) in [4.78, 5) is 0. The second kappa shape index (κ2) is 5.49. The maximum atomic E-state index is 9.62. The van der Waals surface area contributed by atoms with E-state index in [1.165, 1.54) is 11.1 Å². The van der Waals surface area contributed by atoms with Crippen molar-refractivity contribution in [3.05, 3.63) is 65.2 Å². The Balaban J connectivity index is 2.10. The lowest BCUT2D eigenvalue weighted by molar-refractivity contribution is 0.474. The summed E-state index contributed by atoms with van der Waals surface area (Å²) in [5, 5.41) is 19.2. The van der Waals surface area contributed by atoms with Crippen LogP contribution in [0.15, 0.2) is 43.0 Å². The second-order valence-corrected chi connectivity index (χ2v) is 5.38. The number of fused-ring (bicyclic) bond motifs is 1. The van der Waals surface area contributed by atoms with E-state index in [-0.39, 0.29) is 5.75 Å². The predicted molar refractivity (Wildman–Crippen MR) is 87.1 cm³/mol. The quantitative estimate of drug-likeness (QED) is 0.841. The SMILES string of the molecule is C=Cc1cc(O)ccc1C1=Cc2ccc(O)cc2CCC1. The molecule has 21 heavy (non-hydrogen) atoms. The van der Waals surface area contributed by atoms with E-state index in [2.05, 4.69) is 12.7 Å². The molecule has 0 heterocycles. The molecule has 0 amide bonds. The Morgan fingerprint density at radius 2 is 1.71 bits per heavy atom. The van der Waals surface area contributed by atoms with Crippen LogP contribution in [0.2, 0.25) is 0 Å². The van der Waals surface area contributed by atoms with Crippen molar-refractivity contribution in [2.45, 2.75) is 19.3 Å². The maximum Gasteiger partial charge on any atom is 0.116 e. The van der Waals surface area contributed by atoms with Gasteiger partial charge >= 0.3 is 0 Å². The van der Waals surface area contributed by atoms with E-state index in [4.69, 9.17) is 0 Å². The number of aromatic hydroxyl groups is 2. The summed E-state index contributed by atoms with van der Waals surface area (Å²) in [6.45, 7) is 3.84. The third kappa shape index (κ3) is 2.70. The number of aryl methyl sites for hydroxylation is 1. The van der Waals surface area contributed by atoms with Crippen LogP contribution in [0, 0.1) is 0 Å². The van der Waals surface area contributed by atoms with Gasteiger partial charge in [-0.3, -0.25) is 0 Å². The summed E-state index contributed by atoms with van der Waals surface area (Å²) in [6, 6.07) is 10.9. The van der Waals surface area contributed by atoms with E-state index < -0.39 is 0 Å². The average molecular weight is 278 g/mol. The van der Waals surface area contributed by atoms with Crippen molar-refractivity contribution in [2.75, 3.05) is 0 Å². The zero-order valence-corrected chi connectivity index (χ0v) is 11.8. The highest BCUT2D eigenvalue weighted by atomic mass is 16.3. The minimum absolute atomic E-state index is 0.258. The Morgan fingerprint density at radius 1 is 0.952 bits per heavy atom. The molecule has 0 saturated heterocycles. The van der Waals surface area contributed by atoms with Crippen molar-refractivity contribution < 1.29 is 10.2 Å². The Bertz CT molecular complexity index is 726. The summed E-state index contributed by atoms with van der Waals surface area (Å²) in [5.41, 5.74) is 5.65. The molecule has 0 radical (unpaired) electrons. The van der Waals surface area contributed by atoms with Gasteiger partial charge in [0.2, 0.25) is 0 Å². The first-order valence-electron chi connectivity index (χ1n) is 7.15. The van der Waals surface area contributed by atoms with Crippen LogP contribution < -0.4 is 0 Å². The first-order valence-corrected chi connectivity index (χ1v) is 7.15. The topological polar surface area (TPSA) is 40.5 Å². The zero-order chi connectivity index (χ0) is 14.8. The molecule has 0 aliphatic heterocycles. The molecule has 2 nitrogen and oxygen atoms in total. The van der Waals surface area contributed by atoms with Gasteiger partial charge in [-0.2, -0.15) is 0 Å². The monoisotopic (exact) mass is 278 g/mol. The summed E-state index contributed by atoms with van der Waals surface area (Å²) in [6.07, 6.45) is 6.94. The summed E-state index contributed by atoms with van der Waals surface area (Å²) in [5.74, 6) is 0.579. The molecule has 0 bridgehead atoms. The molecule has 2 aromatic carbocycles. The number of phenols is 2. The normalized spacial score (nSPS) is 14.0. The number of allylic oxidation sites excluding steroid dienone is 1. The number of phenolic OH excluding ortho intramolecular Hbond substituents is 2. The maximum absolute atomic E-state index is 9.62. The highest BCUT2D eigenvalue weighted by Crippen LogP contribution is 2.33. The number of benzene rings is 2. The first-order chi connectivity index (χ1) is 10.2. The van der Waals surface area contributed by atoms with Crippen LogP contribution in [-0.2, 0) is 6.42 Å². The van der Waals surface area contributed by atoms with Gasteiger partial charge in [0, 0.05) is 0 Å². The van der Waals surface area contributed by atoms with Crippen molar-refractivity contribution in [2.24, 2.45) is 0 Å². The van der Waals surface area contributed by atoms with Gasteiger partial charge in [0.05, 0.1) is 0 Å². The van der Waals surface area contributed by atoms with Crippen LogP contribution >= 0.6 is 0 Å². The first kappa shape index (κ1) is 13.5. The van der Waals surface area contributed by atoms with Crippen molar-refractivity contribution in [1.82, 2.24) is 0 Å². The van der Waals surface area contributed by atoms with Crippen LogP contribution in [0.25, 0.3) is 17.7 Å². The molecule has 0 unspecified atom stereocenters. The number of hydrogen-bond acceptors (Lipinski definition) is 2. The van der Waals surface area contributed by atoms with Gasteiger partial charge in [-0.15, -0.1) is 0 Å². The zero-order valence-electron chi connectivity index (χ0n) is 11.8. The second-order valence-electron chi connectivity index (χ2n) is 5.38. The van der Waals surface area contributed by atoms with E-state index in [0.29, 0.717) is 5.75 Å². The summed E-state index contributed by atoms with van der Waals surface area (Å²) in [7, 11) is 0. The van der Waals surface area contributed by atoms with Crippen molar-refractivity contribution >= 4 is 17.7 Å². The van der Waals surface area contributed by atoms with Crippen molar-refractivity contribution in [1.29, 1.82) is 0 Å². The third-order valence-corrected chi connectivity index (χ3v) is 3.95. The molecule has 0 atom stereocenters. The Labute approximate surface area is 124 Å². The van der Waals surface area contributed by atoms with Crippen LogP contribution in [0.4, 0.5) is 0 Å². The Morgan fingerprint density at radius 3 is 2.52 bits per heavy atom. The summed E-state index contributed by atoms with van der Waals surface area (Å²) >= 11 is 0. The van der Waals surface area contributed by atoms with Crippen LogP contribution in [0.5, 0.6) is 11.5 Å². The fourth-order valence-electron chi connectivity index (χ4n) is 2.90. The molecule has 1 aliphatic rings. The van der Waals surface area contributed by atoms with E-state index in [0.717, 1.165) is 36.0 Å². The fraction of sp³-hybridized carbons (Fsp3) is 0.158. The van der Waals surface area contributed by atoms with E-state index in [1.807, 2.05) is 18.2 Å². The molecule has 0 spiro atoms. The van der Waals surface area contributed by atoms with E-state index in [9.17, 15) is 10.2 Å². The van der Waals surface area contributed by atoms with Crippen molar-refractivity contribution in [3.63, 3.8) is 0 Å². The smallest absolute Gasteiger partial charge is 0.116 e. The highest BCUT2D eigenvalue weighted by Gasteiger charge is 2.13. The summed E-state index contributed by atoms with van der Waals surface area (Å²) < 4.78 is 0. The molecular formula is C19H18O2. The number of hydrogen-bond donors (Lipinski definition) is 2. The number of rotatable bonds is 2. The van der Waals surface area contributed by atoms with Gasteiger partial charge < -0.3 is 10.2 Å². The van der Waals surface area contributed by atoms with Crippen LogP contribution in [0.1, 0.15) is 35.1 Å². The van der Waals surface area contributed by atoms with Gasteiger partial charge in [0.1, 0.15) is 11.5 Å². The van der Waals surface area contributed by atoms with E-state index in [1.54, 1.807) is 24.3 Å². The van der Waals surface area contributed by atoms with Gasteiger partial charge in [-0.1, -0.05) is 30.9 Å². The molecule has 1 aliphatic carbocycles. The Hall–Kier alpha value is -2.48. The lowest BCUT2D eigenvalue weighted by atomic mass is 9.95. The third-order valence-electron chi connectivity index (χ3n) is 3.95.